The van der Waals surface area contributed by atoms with Crippen molar-refractivity contribution in [2.24, 2.45) is 5.92 Å². The predicted molar refractivity (Wildman–Crippen MR) is 125 cm³/mol. The second kappa shape index (κ2) is 9.30. The summed E-state index contributed by atoms with van der Waals surface area (Å²) in [5.41, 5.74) is 2.77. The van der Waals surface area contributed by atoms with E-state index in [9.17, 15) is 4.79 Å². The Hall–Kier alpha value is -3.54. The van der Waals surface area contributed by atoms with Gasteiger partial charge in [0.15, 0.2) is 5.82 Å². The Bertz CT molecular complexity index is 1100. The van der Waals surface area contributed by atoms with E-state index in [4.69, 9.17) is 9.97 Å². The standard InChI is InChI=1S/C26H27N5O/c32-26(20-8-3-1-4-9-20)31-17-7-12-23(31)25-29-22(19-13-15-27-16-14-19)18-24(30-25)28-21-10-5-2-6-11-21/h1-3,5-6,10-11,13-16,18,20,23H,4,7-9,12,17H2,(H,28,29,30)/t20-,23+/m0/s1. The van der Waals surface area contributed by atoms with E-state index >= 15 is 0 Å². The van der Waals surface area contributed by atoms with E-state index in [1.54, 1.807) is 12.4 Å². The van der Waals surface area contributed by atoms with Crippen molar-refractivity contribution in [3.63, 3.8) is 0 Å². The van der Waals surface area contributed by atoms with Gasteiger partial charge in [0.1, 0.15) is 5.82 Å². The summed E-state index contributed by atoms with van der Waals surface area (Å²) in [6, 6.07) is 15.8. The van der Waals surface area contributed by atoms with Crippen molar-refractivity contribution in [2.75, 3.05) is 11.9 Å². The van der Waals surface area contributed by atoms with E-state index in [-0.39, 0.29) is 17.9 Å². The van der Waals surface area contributed by atoms with E-state index in [0.717, 1.165) is 61.4 Å². The molecule has 1 N–H and O–H groups in total. The number of pyridine rings is 1. The zero-order valence-corrected chi connectivity index (χ0v) is 18.0. The Balaban J connectivity index is 1.49. The molecule has 1 aromatic carbocycles. The minimum Gasteiger partial charge on any atom is -0.340 e. The summed E-state index contributed by atoms with van der Waals surface area (Å²) in [5.74, 6) is 1.75. The molecule has 1 aliphatic heterocycles. The SMILES string of the molecule is O=C([C@H]1CC=CCC1)N1CCC[C@@H]1c1nc(Nc2ccccc2)cc(-c2ccncc2)n1. The summed E-state index contributed by atoms with van der Waals surface area (Å²) >= 11 is 0. The number of amides is 1. The highest BCUT2D eigenvalue weighted by Crippen LogP contribution is 2.35. The van der Waals surface area contributed by atoms with Gasteiger partial charge in [0.25, 0.3) is 0 Å². The highest BCUT2D eigenvalue weighted by molar-refractivity contribution is 5.80. The van der Waals surface area contributed by atoms with Gasteiger partial charge >= 0.3 is 0 Å². The van der Waals surface area contributed by atoms with Crippen molar-refractivity contribution in [1.29, 1.82) is 0 Å². The lowest BCUT2D eigenvalue weighted by Gasteiger charge is -2.29. The molecule has 2 aliphatic rings. The highest BCUT2D eigenvalue weighted by atomic mass is 16.2. The Kier molecular flexibility index (Phi) is 5.92. The van der Waals surface area contributed by atoms with Crippen molar-refractivity contribution in [2.45, 2.75) is 38.1 Å². The first-order chi connectivity index (χ1) is 15.8. The normalized spacial score (nSPS) is 20.3. The Morgan fingerprint density at radius 2 is 1.84 bits per heavy atom. The number of nitrogens with zero attached hydrogens (tertiary/aromatic N) is 4. The van der Waals surface area contributed by atoms with E-state index in [2.05, 4.69) is 22.5 Å². The molecule has 0 unspecified atom stereocenters. The number of allylic oxidation sites excluding steroid dienone is 2. The predicted octanol–water partition coefficient (Wildman–Crippen LogP) is 5.30. The number of carbonyl (C=O) groups excluding carboxylic acids is 1. The Morgan fingerprint density at radius 3 is 2.62 bits per heavy atom. The van der Waals surface area contributed by atoms with Gasteiger partial charge in [-0.25, -0.2) is 9.97 Å². The Morgan fingerprint density at radius 1 is 1.00 bits per heavy atom. The molecule has 0 spiro atoms. The molecule has 32 heavy (non-hydrogen) atoms. The van der Waals surface area contributed by atoms with Crippen LogP contribution in [-0.2, 0) is 4.79 Å². The van der Waals surface area contributed by atoms with Gasteiger partial charge in [-0.2, -0.15) is 0 Å². The molecule has 2 aromatic heterocycles. The Labute approximate surface area is 188 Å². The molecule has 6 heteroatoms. The number of para-hydroxylation sites is 1. The molecule has 5 rings (SSSR count). The molecule has 162 valence electrons. The number of hydrogen-bond donors (Lipinski definition) is 1. The summed E-state index contributed by atoms with van der Waals surface area (Å²) in [7, 11) is 0. The van der Waals surface area contributed by atoms with Gasteiger partial charge < -0.3 is 10.2 Å². The highest BCUT2D eigenvalue weighted by Gasteiger charge is 2.35. The number of likely N-dealkylation sites (tertiary alicyclic amines) is 1. The molecule has 0 radical (unpaired) electrons. The van der Waals surface area contributed by atoms with Crippen LogP contribution in [0, 0.1) is 5.92 Å². The van der Waals surface area contributed by atoms with Gasteiger partial charge in [-0.15, -0.1) is 0 Å². The van der Waals surface area contributed by atoms with Gasteiger partial charge in [-0.05, 0) is 56.4 Å². The monoisotopic (exact) mass is 425 g/mol. The zero-order valence-electron chi connectivity index (χ0n) is 18.0. The van der Waals surface area contributed by atoms with Crippen LogP contribution in [0.3, 0.4) is 0 Å². The molecule has 0 bridgehead atoms. The van der Waals surface area contributed by atoms with E-state index in [1.165, 1.54) is 0 Å². The van der Waals surface area contributed by atoms with Crippen LogP contribution in [0.4, 0.5) is 11.5 Å². The van der Waals surface area contributed by atoms with Gasteiger partial charge in [0.05, 0.1) is 11.7 Å². The lowest BCUT2D eigenvalue weighted by molar-refractivity contribution is -0.136. The third-order valence-electron chi connectivity index (χ3n) is 6.22. The summed E-state index contributed by atoms with van der Waals surface area (Å²) in [4.78, 5) is 29.3. The molecule has 3 aromatic rings. The van der Waals surface area contributed by atoms with Crippen molar-refractivity contribution >= 4 is 17.4 Å². The smallest absolute Gasteiger partial charge is 0.226 e. The number of rotatable bonds is 5. The molecule has 1 saturated heterocycles. The summed E-state index contributed by atoms with van der Waals surface area (Å²) in [6.45, 7) is 0.772. The average molecular weight is 426 g/mol. The van der Waals surface area contributed by atoms with E-state index < -0.39 is 0 Å². The van der Waals surface area contributed by atoms with Crippen molar-refractivity contribution in [1.82, 2.24) is 19.9 Å². The van der Waals surface area contributed by atoms with E-state index in [0.29, 0.717) is 5.82 Å². The number of aromatic nitrogens is 3. The molecule has 6 nitrogen and oxygen atoms in total. The zero-order chi connectivity index (χ0) is 21.8. The number of hydrogen-bond acceptors (Lipinski definition) is 5. The van der Waals surface area contributed by atoms with Crippen molar-refractivity contribution in [3.8, 4) is 11.3 Å². The third kappa shape index (κ3) is 4.40. The summed E-state index contributed by atoms with van der Waals surface area (Å²) in [5, 5.41) is 3.41. The van der Waals surface area contributed by atoms with Crippen LogP contribution < -0.4 is 5.32 Å². The fourth-order valence-corrected chi connectivity index (χ4v) is 4.57. The number of anilines is 2. The number of benzene rings is 1. The topological polar surface area (TPSA) is 71.0 Å². The summed E-state index contributed by atoms with van der Waals surface area (Å²) in [6.07, 6.45) is 12.5. The van der Waals surface area contributed by atoms with Crippen LogP contribution in [0.15, 0.2) is 73.1 Å². The lowest BCUT2D eigenvalue weighted by Crippen LogP contribution is -2.36. The average Bonchev–Trinajstić information content (AvgIpc) is 3.35. The van der Waals surface area contributed by atoms with Crippen LogP contribution in [-0.4, -0.2) is 32.3 Å². The molecule has 1 aliphatic carbocycles. The maximum atomic E-state index is 13.3. The van der Waals surface area contributed by atoms with Gasteiger partial charge in [0, 0.05) is 42.2 Å². The van der Waals surface area contributed by atoms with Crippen LogP contribution in [0.2, 0.25) is 0 Å². The molecule has 1 fully saturated rings. The molecular formula is C26H27N5O. The minimum atomic E-state index is -0.0912. The van der Waals surface area contributed by atoms with Crippen LogP contribution in [0.5, 0.6) is 0 Å². The van der Waals surface area contributed by atoms with Crippen molar-refractivity contribution < 1.29 is 4.79 Å². The van der Waals surface area contributed by atoms with Crippen molar-refractivity contribution in [3.05, 3.63) is 78.9 Å². The quantitative estimate of drug-likeness (QED) is 0.562. The summed E-state index contributed by atoms with van der Waals surface area (Å²) < 4.78 is 0. The second-order valence-electron chi connectivity index (χ2n) is 8.39. The molecule has 3 heterocycles. The first-order valence-electron chi connectivity index (χ1n) is 11.3. The molecule has 0 saturated carbocycles. The first-order valence-corrected chi connectivity index (χ1v) is 11.3. The van der Waals surface area contributed by atoms with Crippen LogP contribution in [0.25, 0.3) is 11.3 Å². The number of nitrogens with one attached hydrogen (secondary N) is 1. The van der Waals surface area contributed by atoms with Gasteiger partial charge in [0.2, 0.25) is 5.91 Å². The number of carbonyl (C=O) groups is 1. The molecule has 1 amide bonds. The molecule has 2 atom stereocenters. The van der Waals surface area contributed by atoms with Crippen LogP contribution >= 0.6 is 0 Å². The minimum absolute atomic E-state index is 0.0749. The van der Waals surface area contributed by atoms with Crippen LogP contribution in [0.1, 0.15) is 44.0 Å². The molecular weight excluding hydrogens is 398 g/mol. The van der Waals surface area contributed by atoms with Gasteiger partial charge in [-0.1, -0.05) is 30.4 Å². The third-order valence-corrected chi connectivity index (χ3v) is 6.22. The second-order valence-corrected chi connectivity index (χ2v) is 8.39. The van der Waals surface area contributed by atoms with Gasteiger partial charge in [-0.3, -0.25) is 9.78 Å². The maximum absolute atomic E-state index is 13.3. The first kappa shape index (κ1) is 20.4. The fourth-order valence-electron chi connectivity index (χ4n) is 4.57. The lowest BCUT2D eigenvalue weighted by atomic mass is 9.93. The largest absolute Gasteiger partial charge is 0.340 e. The van der Waals surface area contributed by atoms with E-state index in [1.807, 2.05) is 53.4 Å². The maximum Gasteiger partial charge on any atom is 0.226 e. The fraction of sp³-hybridized carbons (Fsp3) is 0.308.